The van der Waals surface area contributed by atoms with Gasteiger partial charge >= 0.3 is 0 Å². The zero-order valence-corrected chi connectivity index (χ0v) is 13.6. The number of carbonyl (C=O) groups excluding carboxylic acids is 2. The Kier molecular flexibility index (Phi) is 4.71. The molecule has 3 aliphatic rings. The van der Waals surface area contributed by atoms with Gasteiger partial charge in [0.05, 0.1) is 0 Å². The monoisotopic (exact) mass is 307 g/mol. The smallest absolute Gasteiger partial charge is 0.225 e. The van der Waals surface area contributed by atoms with Crippen molar-refractivity contribution >= 4 is 11.8 Å². The number of nitrogens with zero attached hydrogens (tertiary/aromatic N) is 1. The molecular formula is C17H29N3O2. The number of nitrogens with two attached hydrogens (primary N) is 1. The minimum absolute atomic E-state index is 0.00234. The van der Waals surface area contributed by atoms with E-state index in [-0.39, 0.29) is 17.9 Å². The second-order valence-electron chi connectivity index (χ2n) is 7.52. The van der Waals surface area contributed by atoms with Crippen molar-refractivity contribution in [1.82, 2.24) is 10.2 Å². The minimum Gasteiger partial charge on any atom is -0.352 e. The molecule has 3 N–H and O–H groups in total. The molecular weight excluding hydrogens is 278 g/mol. The summed E-state index contributed by atoms with van der Waals surface area (Å²) < 4.78 is 0. The van der Waals surface area contributed by atoms with Crippen molar-refractivity contribution in [2.75, 3.05) is 13.1 Å². The zero-order valence-electron chi connectivity index (χ0n) is 13.6. The molecule has 3 rings (SSSR count). The molecule has 3 unspecified atom stereocenters. The van der Waals surface area contributed by atoms with E-state index < -0.39 is 0 Å². The van der Waals surface area contributed by atoms with Crippen LogP contribution in [0.1, 0.15) is 51.9 Å². The average Bonchev–Trinajstić information content (AvgIpc) is 2.46. The summed E-state index contributed by atoms with van der Waals surface area (Å²) >= 11 is 0. The van der Waals surface area contributed by atoms with E-state index in [9.17, 15) is 9.59 Å². The second-order valence-corrected chi connectivity index (χ2v) is 7.52. The van der Waals surface area contributed by atoms with Crippen LogP contribution in [0.4, 0.5) is 0 Å². The quantitative estimate of drug-likeness (QED) is 0.806. The zero-order chi connectivity index (χ0) is 15.7. The summed E-state index contributed by atoms with van der Waals surface area (Å²) in [6, 6.07) is 0.437. The summed E-state index contributed by atoms with van der Waals surface area (Å²) in [5.41, 5.74) is 6.33. The number of rotatable bonds is 2. The highest BCUT2D eigenvalue weighted by Gasteiger charge is 2.42. The maximum absolute atomic E-state index is 12.9. The van der Waals surface area contributed by atoms with Crippen LogP contribution in [0.2, 0.25) is 0 Å². The second kappa shape index (κ2) is 6.57. The van der Waals surface area contributed by atoms with Crippen molar-refractivity contribution in [1.29, 1.82) is 0 Å². The molecule has 0 aromatic heterocycles. The normalized spacial score (nSPS) is 38.5. The third kappa shape index (κ3) is 3.29. The van der Waals surface area contributed by atoms with Crippen LogP contribution >= 0.6 is 0 Å². The number of hydrogen-bond donors (Lipinski definition) is 2. The van der Waals surface area contributed by atoms with E-state index in [1.54, 1.807) is 6.92 Å². The van der Waals surface area contributed by atoms with E-state index in [1.165, 1.54) is 19.3 Å². The third-order valence-corrected chi connectivity index (χ3v) is 5.90. The Morgan fingerprint density at radius 3 is 2.41 bits per heavy atom. The van der Waals surface area contributed by atoms with Crippen molar-refractivity contribution in [3.63, 3.8) is 0 Å². The number of piperidine rings is 1. The van der Waals surface area contributed by atoms with Gasteiger partial charge in [-0.25, -0.2) is 0 Å². The maximum atomic E-state index is 12.9. The van der Waals surface area contributed by atoms with Crippen LogP contribution in [0.25, 0.3) is 0 Å². The van der Waals surface area contributed by atoms with Crippen LogP contribution in [-0.2, 0) is 9.59 Å². The van der Waals surface area contributed by atoms with Crippen LogP contribution in [0.5, 0.6) is 0 Å². The number of hydrogen-bond acceptors (Lipinski definition) is 3. The van der Waals surface area contributed by atoms with Gasteiger partial charge in [0.15, 0.2) is 0 Å². The standard InChI is InChI=1S/C17H29N3O2/c1-11(21)19-15-6-3-7-20(10-15)17(22)14-8-12-4-2-5-13(9-14)16(12)18/h12-16H,2-10,18H2,1H3,(H,19,21). The lowest BCUT2D eigenvalue weighted by Gasteiger charge is -2.45. The van der Waals surface area contributed by atoms with E-state index in [0.29, 0.717) is 30.3 Å². The van der Waals surface area contributed by atoms with Gasteiger partial charge in [0.1, 0.15) is 0 Å². The number of nitrogens with one attached hydrogen (secondary N) is 1. The molecule has 0 spiro atoms. The predicted molar refractivity (Wildman–Crippen MR) is 84.9 cm³/mol. The molecule has 0 radical (unpaired) electrons. The van der Waals surface area contributed by atoms with Crippen molar-refractivity contribution in [2.45, 2.75) is 64.0 Å². The van der Waals surface area contributed by atoms with Crippen LogP contribution < -0.4 is 11.1 Å². The highest BCUT2D eigenvalue weighted by Crippen LogP contribution is 2.42. The Morgan fingerprint density at radius 1 is 1.09 bits per heavy atom. The van der Waals surface area contributed by atoms with Gasteiger partial charge in [0.2, 0.25) is 11.8 Å². The van der Waals surface area contributed by atoms with E-state index in [0.717, 1.165) is 32.2 Å². The lowest BCUT2D eigenvalue weighted by molar-refractivity contribution is -0.140. The highest BCUT2D eigenvalue weighted by molar-refractivity contribution is 5.79. The molecule has 5 heteroatoms. The molecule has 0 aromatic carbocycles. The van der Waals surface area contributed by atoms with Gasteiger partial charge in [-0.1, -0.05) is 6.42 Å². The fourth-order valence-electron chi connectivity index (χ4n) is 4.83. The molecule has 1 aliphatic heterocycles. The topological polar surface area (TPSA) is 75.4 Å². The Bertz CT molecular complexity index is 426. The average molecular weight is 307 g/mol. The highest BCUT2D eigenvalue weighted by atomic mass is 16.2. The van der Waals surface area contributed by atoms with Gasteiger partial charge in [0, 0.05) is 38.0 Å². The van der Waals surface area contributed by atoms with E-state index in [2.05, 4.69) is 5.32 Å². The number of amides is 2. The predicted octanol–water partition coefficient (Wildman–Crippen LogP) is 1.27. The first-order valence-corrected chi connectivity index (χ1v) is 8.86. The molecule has 3 fully saturated rings. The summed E-state index contributed by atoms with van der Waals surface area (Å²) in [4.78, 5) is 26.1. The largest absolute Gasteiger partial charge is 0.352 e. The minimum atomic E-state index is -0.00234. The molecule has 2 amide bonds. The van der Waals surface area contributed by atoms with Crippen LogP contribution in [0.15, 0.2) is 0 Å². The Labute approximate surface area is 133 Å². The summed E-state index contributed by atoms with van der Waals surface area (Å²) in [5.74, 6) is 1.54. The van der Waals surface area contributed by atoms with Crippen LogP contribution in [-0.4, -0.2) is 41.9 Å². The van der Waals surface area contributed by atoms with Crippen molar-refractivity contribution < 1.29 is 9.59 Å². The van der Waals surface area contributed by atoms with Gasteiger partial charge < -0.3 is 16.0 Å². The van der Waals surface area contributed by atoms with Gasteiger partial charge in [-0.2, -0.15) is 0 Å². The summed E-state index contributed by atoms with van der Waals surface area (Å²) in [6.07, 6.45) is 7.56. The Balaban J connectivity index is 1.60. The Morgan fingerprint density at radius 2 is 1.77 bits per heavy atom. The van der Waals surface area contributed by atoms with Gasteiger partial charge in [-0.05, 0) is 50.4 Å². The van der Waals surface area contributed by atoms with Crippen molar-refractivity contribution in [2.24, 2.45) is 23.5 Å². The van der Waals surface area contributed by atoms with E-state index in [1.807, 2.05) is 4.90 Å². The molecule has 0 aromatic rings. The van der Waals surface area contributed by atoms with Gasteiger partial charge in [-0.3, -0.25) is 9.59 Å². The molecule has 1 heterocycles. The summed E-state index contributed by atoms with van der Waals surface area (Å²) in [6.45, 7) is 3.06. The van der Waals surface area contributed by atoms with Crippen LogP contribution in [0, 0.1) is 17.8 Å². The molecule has 2 saturated carbocycles. The first kappa shape index (κ1) is 15.8. The van der Waals surface area contributed by atoms with Gasteiger partial charge in [-0.15, -0.1) is 0 Å². The molecule has 2 aliphatic carbocycles. The summed E-state index contributed by atoms with van der Waals surface area (Å²) in [5, 5.41) is 2.96. The van der Waals surface area contributed by atoms with Crippen LogP contribution in [0.3, 0.4) is 0 Å². The molecule has 3 atom stereocenters. The third-order valence-electron chi connectivity index (χ3n) is 5.90. The van der Waals surface area contributed by atoms with E-state index >= 15 is 0 Å². The molecule has 22 heavy (non-hydrogen) atoms. The lowest BCUT2D eigenvalue weighted by Crippen LogP contribution is -2.53. The number of likely N-dealkylation sites (tertiary alicyclic amines) is 1. The van der Waals surface area contributed by atoms with E-state index in [4.69, 9.17) is 5.73 Å². The molecule has 124 valence electrons. The van der Waals surface area contributed by atoms with Crippen molar-refractivity contribution in [3.05, 3.63) is 0 Å². The van der Waals surface area contributed by atoms with Gasteiger partial charge in [0.25, 0.3) is 0 Å². The first-order chi connectivity index (χ1) is 10.5. The Hall–Kier alpha value is -1.10. The maximum Gasteiger partial charge on any atom is 0.225 e. The summed E-state index contributed by atoms with van der Waals surface area (Å²) in [7, 11) is 0. The first-order valence-electron chi connectivity index (χ1n) is 8.86. The fraction of sp³-hybridized carbons (Fsp3) is 0.882. The van der Waals surface area contributed by atoms with Crippen molar-refractivity contribution in [3.8, 4) is 0 Å². The lowest BCUT2D eigenvalue weighted by atomic mass is 9.65. The molecule has 1 saturated heterocycles. The number of fused-ring (bicyclic) bond motifs is 2. The molecule has 2 bridgehead atoms. The SMILES string of the molecule is CC(=O)NC1CCCN(C(=O)C2CC3CCCC(C2)C3N)C1. The molecule has 5 nitrogen and oxygen atoms in total. The fourth-order valence-corrected chi connectivity index (χ4v) is 4.83. The number of carbonyl (C=O) groups is 2.